The van der Waals surface area contributed by atoms with E-state index in [1.165, 1.54) is 0 Å². The number of nitrogens with one attached hydrogen (secondary N) is 1. The minimum Gasteiger partial charge on any atom is -0.263 e. The topological polar surface area (TPSA) is 59.1 Å². The molecule has 0 radical (unpaired) electrons. The molecule has 0 aliphatic rings. The van der Waals surface area contributed by atoms with Crippen LogP contribution in [0.1, 0.15) is 11.1 Å². The van der Waals surface area contributed by atoms with Crippen molar-refractivity contribution in [1.82, 2.24) is 4.98 Å². The van der Waals surface area contributed by atoms with Gasteiger partial charge in [-0.2, -0.15) is 0 Å². The molecule has 0 atom stereocenters. The molecule has 1 N–H and O–H groups in total. The van der Waals surface area contributed by atoms with Crippen LogP contribution in [0, 0.1) is 6.92 Å². The standard InChI is InChI=1S/C13H13BrN2O2S/c1-10-3-2-8-15-13(10)16-19(17,18)12-6-4-11(9-14)5-7-12/h2-8H,9H2,1H3,(H,15,16). The SMILES string of the molecule is Cc1cccnc1NS(=O)(=O)c1ccc(CBr)cc1. The van der Waals surface area contributed by atoms with Gasteiger partial charge in [0.25, 0.3) is 10.0 Å². The molecule has 0 amide bonds. The summed E-state index contributed by atoms with van der Waals surface area (Å²) in [5.41, 5.74) is 1.80. The lowest BCUT2D eigenvalue weighted by Gasteiger charge is -2.09. The maximum atomic E-state index is 12.2. The van der Waals surface area contributed by atoms with Gasteiger partial charge in [0.15, 0.2) is 0 Å². The first-order chi connectivity index (χ1) is 9.03. The van der Waals surface area contributed by atoms with Gasteiger partial charge in [-0.05, 0) is 36.2 Å². The molecule has 0 saturated carbocycles. The summed E-state index contributed by atoms with van der Waals surface area (Å²) in [5.74, 6) is 0.354. The number of aromatic nitrogens is 1. The predicted octanol–water partition coefficient (Wildman–Crippen LogP) is 3.09. The number of anilines is 1. The Bertz CT molecular complexity index is 669. The van der Waals surface area contributed by atoms with Crippen molar-refractivity contribution in [3.05, 3.63) is 53.7 Å². The first-order valence-corrected chi connectivity index (χ1v) is 8.23. The van der Waals surface area contributed by atoms with Crippen molar-refractivity contribution in [2.45, 2.75) is 17.1 Å². The lowest BCUT2D eigenvalue weighted by atomic mass is 10.2. The van der Waals surface area contributed by atoms with Crippen LogP contribution in [0.5, 0.6) is 0 Å². The molecular weight excluding hydrogens is 328 g/mol. The van der Waals surface area contributed by atoms with E-state index in [2.05, 4.69) is 25.6 Å². The van der Waals surface area contributed by atoms with Crippen LogP contribution in [0.3, 0.4) is 0 Å². The Morgan fingerprint density at radius 3 is 2.47 bits per heavy atom. The van der Waals surface area contributed by atoms with Gasteiger partial charge >= 0.3 is 0 Å². The summed E-state index contributed by atoms with van der Waals surface area (Å²) in [7, 11) is -3.59. The van der Waals surface area contributed by atoms with E-state index in [0.717, 1.165) is 11.1 Å². The summed E-state index contributed by atoms with van der Waals surface area (Å²) in [6.07, 6.45) is 1.55. The molecule has 6 heteroatoms. The quantitative estimate of drug-likeness (QED) is 0.870. The number of nitrogens with zero attached hydrogens (tertiary/aromatic N) is 1. The highest BCUT2D eigenvalue weighted by atomic mass is 79.9. The van der Waals surface area contributed by atoms with Gasteiger partial charge in [0.1, 0.15) is 5.82 Å². The van der Waals surface area contributed by atoms with Crippen LogP contribution < -0.4 is 4.72 Å². The van der Waals surface area contributed by atoms with Crippen LogP contribution in [-0.4, -0.2) is 13.4 Å². The van der Waals surface area contributed by atoms with Gasteiger partial charge in [-0.15, -0.1) is 0 Å². The minimum absolute atomic E-state index is 0.224. The second-order valence-electron chi connectivity index (χ2n) is 4.05. The first-order valence-electron chi connectivity index (χ1n) is 5.62. The average Bonchev–Trinajstić information content (AvgIpc) is 2.41. The number of alkyl halides is 1. The largest absolute Gasteiger partial charge is 0.263 e. The van der Waals surface area contributed by atoms with Crippen LogP contribution in [0.25, 0.3) is 0 Å². The van der Waals surface area contributed by atoms with Crippen LogP contribution >= 0.6 is 15.9 Å². The van der Waals surface area contributed by atoms with E-state index in [9.17, 15) is 8.42 Å². The minimum atomic E-state index is -3.59. The highest BCUT2D eigenvalue weighted by molar-refractivity contribution is 9.08. The fourth-order valence-electron chi connectivity index (χ4n) is 1.54. The zero-order chi connectivity index (χ0) is 13.9. The molecule has 1 aromatic heterocycles. The lowest BCUT2D eigenvalue weighted by molar-refractivity contribution is 0.601. The Morgan fingerprint density at radius 2 is 1.89 bits per heavy atom. The van der Waals surface area contributed by atoms with Crippen molar-refractivity contribution in [2.24, 2.45) is 0 Å². The average molecular weight is 341 g/mol. The third-order valence-corrected chi connectivity index (χ3v) is 4.63. The van der Waals surface area contributed by atoms with Crippen molar-refractivity contribution >= 4 is 31.8 Å². The summed E-state index contributed by atoms with van der Waals surface area (Å²) in [6.45, 7) is 1.80. The predicted molar refractivity (Wildman–Crippen MR) is 78.9 cm³/mol. The van der Waals surface area contributed by atoms with E-state index in [0.29, 0.717) is 11.1 Å². The summed E-state index contributed by atoms with van der Waals surface area (Å²) >= 11 is 3.32. The summed E-state index contributed by atoms with van der Waals surface area (Å²) in [6, 6.07) is 10.3. The molecule has 100 valence electrons. The molecule has 0 aliphatic carbocycles. The molecule has 1 heterocycles. The fourth-order valence-corrected chi connectivity index (χ4v) is 2.99. The van der Waals surface area contributed by atoms with Gasteiger partial charge in [0, 0.05) is 11.5 Å². The van der Waals surface area contributed by atoms with Crippen molar-refractivity contribution < 1.29 is 8.42 Å². The number of hydrogen-bond acceptors (Lipinski definition) is 3. The van der Waals surface area contributed by atoms with E-state index in [4.69, 9.17) is 0 Å². The maximum absolute atomic E-state index is 12.2. The fraction of sp³-hybridized carbons (Fsp3) is 0.154. The third kappa shape index (κ3) is 3.33. The van der Waals surface area contributed by atoms with Crippen LogP contribution in [0.4, 0.5) is 5.82 Å². The normalized spacial score (nSPS) is 11.3. The number of sulfonamides is 1. The van der Waals surface area contributed by atoms with Crippen LogP contribution in [0.15, 0.2) is 47.5 Å². The second-order valence-corrected chi connectivity index (χ2v) is 6.30. The van der Waals surface area contributed by atoms with Gasteiger partial charge in [0.2, 0.25) is 0 Å². The summed E-state index contributed by atoms with van der Waals surface area (Å²) in [5, 5.41) is 0.695. The van der Waals surface area contributed by atoms with E-state index >= 15 is 0 Å². The second kappa shape index (κ2) is 5.71. The molecule has 0 unspecified atom stereocenters. The van der Waals surface area contributed by atoms with Crippen molar-refractivity contribution in [1.29, 1.82) is 0 Å². The van der Waals surface area contributed by atoms with Crippen LogP contribution in [0.2, 0.25) is 0 Å². The molecule has 0 aliphatic heterocycles. The summed E-state index contributed by atoms with van der Waals surface area (Å²) in [4.78, 5) is 4.25. The highest BCUT2D eigenvalue weighted by Gasteiger charge is 2.15. The van der Waals surface area contributed by atoms with E-state index in [1.807, 2.05) is 0 Å². The van der Waals surface area contributed by atoms with E-state index in [-0.39, 0.29) is 4.90 Å². The maximum Gasteiger partial charge on any atom is 0.263 e. The van der Waals surface area contributed by atoms with Gasteiger partial charge in [0.05, 0.1) is 4.90 Å². The van der Waals surface area contributed by atoms with Gasteiger partial charge in [-0.3, -0.25) is 4.72 Å². The molecule has 0 bridgehead atoms. The van der Waals surface area contributed by atoms with Gasteiger partial charge < -0.3 is 0 Å². The molecule has 2 aromatic rings. The summed E-state index contributed by atoms with van der Waals surface area (Å²) < 4.78 is 26.9. The zero-order valence-corrected chi connectivity index (χ0v) is 12.7. The lowest BCUT2D eigenvalue weighted by Crippen LogP contribution is -2.14. The van der Waals surface area contributed by atoms with Crippen LogP contribution in [-0.2, 0) is 15.4 Å². The Balaban J connectivity index is 2.30. The zero-order valence-electron chi connectivity index (χ0n) is 10.3. The molecule has 0 spiro atoms. The van der Waals surface area contributed by atoms with Gasteiger partial charge in [-0.1, -0.05) is 34.1 Å². The number of halogens is 1. The Hall–Kier alpha value is -1.40. The van der Waals surface area contributed by atoms with E-state index in [1.54, 1.807) is 49.5 Å². The Morgan fingerprint density at radius 1 is 1.21 bits per heavy atom. The molecule has 19 heavy (non-hydrogen) atoms. The first kappa shape index (κ1) is 14.0. The molecular formula is C13H13BrN2O2S. The van der Waals surface area contributed by atoms with E-state index < -0.39 is 10.0 Å². The molecule has 1 aromatic carbocycles. The number of hydrogen-bond donors (Lipinski definition) is 1. The number of benzene rings is 1. The van der Waals surface area contributed by atoms with Crippen molar-refractivity contribution in [3.63, 3.8) is 0 Å². The smallest absolute Gasteiger partial charge is 0.263 e. The number of aryl methyl sites for hydroxylation is 1. The molecule has 0 fully saturated rings. The highest BCUT2D eigenvalue weighted by Crippen LogP contribution is 2.18. The Labute approximate surface area is 121 Å². The van der Waals surface area contributed by atoms with Crippen molar-refractivity contribution in [2.75, 3.05) is 4.72 Å². The molecule has 0 saturated heterocycles. The monoisotopic (exact) mass is 340 g/mol. The van der Waals surface area contributed by atoms with Crippen molar-refractivity contribution in [3.8, 4) is 0 Å². The molecule has 2 rings (SSSR count). The third-order valence-electron chi connectivity index (χ3n) is 2.63. The molecule has 4 nitrogen and oxygen atoms in total. The Kier molecular flexibility index (Phi) is 4.21. The number of pyridine rings is 1. The van der Waals surface area contributed by atoms with Gasteiger partial charge in [-0.25, -0.2) is 13.4 Å². The number of rotatable bonds is 4.